The molecule has 1 aromatic heterocycles. The van der Waals surface area contributed by atoms with E-state index in [1.165, 1.54) is 10.4 Å². The largest absolute Gasteiger partial charge is 0.298 e. The van der Waals surface area contributed by atoms with E-state index in [9.17, 15) is 4.79 Å². The summed E-state index contributed by atoms with van der Waals surface area (Å²) in [7, 11) is 0. The second-order valence-electron chi connectivity index (χ2n) is 2.72. The quantitative estimate of drug-likeness (QED) is 0.688. The second-order valence-corrected chi connectivity index (χ2v) is 3.66. The molecule has 0 N–H and O–H groups in total. The van der Waals surface area contributed by atoms with Crippen LogP contribution in [-0.2, 0) is 0 Å². The van der Waals surface area contributed by atoms with E-state index in [1.807, 2.05) is 49.6 Å². The summed E-state index contributed by atoms with van der Waals surface area (Å²) < 4.78 is 0. The molecule has 1 heterocycles. The van der Waals surface area contributed by atoms with Gasteiger partial charge in [-0.15, -0.1) is 11.3 Å². The molecule has 78 valence electrons. The maximum absolute atomic E-state index is 10.4. The molecule has 2 heteroatoms. The van der Waals surface area contributed by atoms with Gasteiger partial charge in [-0.2, -0.15) is 0 Å². The van der Waals surface area contributed by atoms with Gasteiger partial charge < -0.3 is 0 Å². The van der Waals surface area contributed by atoms with Crippen LogP contribution in [0.15, 0.2) is 41.8 Å². The molecule has 0 aliphatic rings. The Kier molecular flexibility index (Phi) is 4.78. The first kappa shape index (κ1) is 11.7. The molecule has 2 aromatic rings. The Labute approximate surface area is 94.4 Å². The van der Waals surface area contributed by atoms with Crippen molar-refractivity contribution < 1.29 is 4.79 Å². The first-order valence-electron chi connectivity index (χ1n) is 4.99. The molecule has 0 aliphatic carbocycles. The Morgan fingerprint density at radius 1 is 1.07 bits per heavy atom. The molecule has 2 rings (SSSR count). The van der Waals surface area contributed by atoms with E-state index in [-0.39, 0.29) is 0 Å². The summed E-state index contributed by atoms with van der Waals surface area (Å²) in [4.78, 5) is 11.6. The predicted octanol–water partition coefficient (Wildman–Crippen LogP) is 4.25. The molecule has 1 aromatic carbocycles. The SMILES string of the molecule is CC.O=Cc1ccc(-c2cccs2)cc1. The minimum Gasteiger partial charge on any atom is -0.298 e. The molecule has 0 amide bonds. The van der Waals surface area contributed by atoms with Crippen molar-refractivity contribution in [2.75, 3.05) is 0 Å². The molecule has 0 saturated carbocycles. The van der Waals surface area contributed by atoms with Crippen molar-refractivity contribution in [1.29, 1.82) is 0 Å². The third-order valence-corrected chi connectivity index (χ3v) is 2.77. The highest BCUT2D eigenvalue weighted by atomic mass is 32.1. The topological polar surface area (TPSA) is 17.1 Å². The minimum absolute atomic E-state index is 0.723. The van der Waals surface area contributed by atoms with Gasteiger partial charge in [0.1, 0.15) is 6.29 Å². The summed E-state index contributed by atoms with van der Waals surface area (Å²) in [5, 5.41) is 2.04. The number of benzene rings is 1. The lowest BCUT2D eigenvalue weighted by atomic mass is 10.1. The van der Waals surface area contributed by atoms with Gasteiger partial charge in [0, 0.05) is 10.4 Å². The Balaban J connectivity index is 0.000000531. The molecule has 1 nitrogen and oxygen atoms in total. The molecule has 0 radical (unpaired) electrons. The summed E-state index contributed by atoms with van der Waals surface area (Å²) in [6.07, 6.45) is 0.859. The van der Waals surface area contributed by atoms with Gasteiger partial charge in [-0.3, -0.25) is 4.79 Å². The summed E-state index contributed by atoms with van der Waals surface area (Å²) >= 11 is 1.70. The lowest BCUT2D eigenvalue weighted by Crippen LogP contribution is -1.78. The number of hydrogen-bond acceptors (Lipinski definition) is 2. The van der Waals surface area contributed by atoms with Crippen LogP contribution in [0.4, 0.5) is 0 Å². The number of hydrogen-bond donors (Lipinski definition) is 0. The summed E-state index contributed by atoms with van der Waals surface area (Å²) in [5.74, 6) is 0. The second kappa shape index (κ2) is 6.14. The zero-order chi connectivity index (χ0) is 11.1. The van der Waals surface area contributed by atoms with E-state index < -0.39 is 0 Å². The van der Waals surface area contributed by atoms with Gasteiger partial charge in [0.05, 0.1) is 0 Å². The molecular formula is C13H14OS. The van der Waals surface area contributed by atoms with E-state index >= 15 is 0 Å². The number of thiophene rings is 1. The molecule has 0 fully saturated rings. The Bertz CT molecular complexity index is 387. The lowest BCUT2D eigenvalue weighted by molar-refractivity contribution is 0.112. The number of rotatable bonds is 2. The molecular weight excluding hydrogens is 204 g/mol. The first-order valence-corrected chi connectivity index (χ1v) is 5.87. The lowest BCUT2D eigenvalue weighted by Gasteiger charge is -1.96. The molecule has 0 bridgehead atoms. The zero-order valence-electron chi connectivity index (χ0n) is 8.94. The highest BCUT2D eigenvalue weighted by molar-refractivity contribution is 7.13. The van der Waals surface area contributed by atoms with E-state index in [0.29, 0.717) is 0 Å². The summed E-state index contributed by atoms with van der Waals surface area (Å²) in [6.45, 7) is 4.00. The number of aldehydes is 1. The summed E-state index contributed by atoms with van der Waals surface area (Å²) in [5.41, 5.74) is 1.89. The fraction of sp³-hybridized carbons (Fsp3) is 0.154. The van der Waals surface area contributed by atoms with Crippen LogP contribution in [-0.4, -0.2) is 6.29 Å². The zero-order valence-corrected chi connectivity index (χ0v) is 9.75. The third-order valence-electron chi connectivity index (χ3n) is 1.85. The third kappa shape index (κ3) is 3.03. The van der Waals surface area contributed by atoms with Crippen LogP contribution in [0.1, 0.15) is 24.2 Å². The highest BCUT2D eigenvalue weighted by Crippen LogP contribution is 2.24. The van der Waals surface area contributed by atoms with Crippen LogP contribution in [0.5, 0.6) is 0 Å². The van der Waals surface area contributed by atoms with E-state index in [4.69, 9.17) is 0 Å². The van der Waals surface area contributed by atoms with Crippen LogP contribution >= 0.6 is 11.3 Å². The van der Waals surface area contributed by atoms with Crippen molar-refractivity contribution in [2.24, 2.45) is 0 Å². The highest BCUT2D eigenvalue weighted by Gasteiger charge is 1.97. The molecule has 0 unspecified atom stereocenters. The van der Waals surface area contributed by atoms with Crippen molar-refractivity contribution in [2.45, 2.75) is 13.8 Å². The summed E-state index contributed by atoms with van der Waals surface area (Å²) in [6, 6.07) is 11.7. The molecule has 0 spiro atoms. The average Bonchev–Trinajstić information content (AvgIpc) is 2.85. The smallest absolute Gasteiger partial charge is 0.150 e. The van der Waals surface area contributed by atoms with Crippen molar-refractivity contribution in [3.05, 3.63) is 47.3 Å². The van der Waals surface area contributed by atoms with Gasteiger partial charge in [0.2, 0.25) is 0 Å². The van der Waals surface area contributed by atoms with Gasteiger partial charge >= 0.3 is 0 Å². The maximum atomic E-state index is 10.4. The first-order chi connectivity index (χ1) is 7.40. The van der Waals surface area contributed by atoms with E-state index in [2.05, 4.69) is 6.07 Å². The van der Waals surface area contributed by atoms with Gasteiger partial charge in [0.25, 0.3) is 0 Å². The fourth-order valence-electron chi connectivity index (χ4n) is 1.17. The van der Waals surface area contributed by atoms with Crippen molar-refractivity contribution in [3.8, 4) is 10.4 Å². The fourth-order valence-corrected chi connectivity index (χ4v) is 1.90. The molecule has 0 atom stereocenters. The van der Waals surface area contributed by atoms with Crippen LogP contribution in [0.2, 0.25) is 0 Å². The molecule has 0 aliphatic heterocycles. The predicted molar refractivity (Wildman–Crippen MR) is 66.5 cm³/mol. The van der Waals surface area contributed by atoms with Crippen LogP contribution < -0.4 is 0 Å². The Morgan fingerprint density at radius 2 is 1.73 bits per heavy atom. The number of carbonyl (C=O) groups is 1. The Hall–Kier alpha value is -1.41. The van der Waals surface area contributed by atoms with E-state index in [0.717, 1.165) is 11.8 Å². The van der Waals surface area contributed by atoms with E-state index in [1.54, 1.807) is 11.3 Å². The van der Waals surface area contributed by atoms with Crippen molar-refractivity contribution >= 4 is 17.6 Å². The minimum atomic E-state index is 0.723. The standard InChI is InChI=1S/C11H8OS.C2H6/c12-8-9-3-5-10(6-4-9)11-2-1-7-13-11;1-2/h1-8H;1-2H3. The van der Waals surface area contributed by atoms with Gasteiger partial charge in [-0.25, -0.2) is 0 Å². The molecule has 0 saturated heterocycles. The van der Waals surface area contributed by atoms with Gasteiger partial charge in [-0.1, -0.05) is 44.2 Å². The number of carbonyl (C=O) groups excluding carboxylic acids is 1. The Morgan fingerprint density at radius 3 is 2.20 bits per heavy atom. The average molecular weight is 218 g/mol. The van der Waals surface area contributed by atoms with Gasteiger partial charge in [0.15, 0.2) is 0 Å². The van der Waals surface area contributed by atoms with Crippen LogP contribution in [0.25, 0.3) is 10.4 Å². The van der Waals surface area contributed by atoms with Crippen LogP contribution in [0, 0.1) is 0 Å². The normalized spacial score (nSPS) is 8.93. The van der Waals surface area contributed by atoms with Crippen molar-refractivity contribution in [1.82, 2.24) is 0 Å². The van der Waals surface area contributed by atoms with Gasteiger partial charge in [-0.05, 0) is 17.0 Å². The monoisotopic (exact) mass is 218 g/mol. The maximum Gasteiger partial charge on any atom is 0.150 e. The van der Waals surface area contributed by atoms with Crippen molar-refractivity contribution in [3.63, 3.8) is 0 Å². The molecule has 15 heavy (non-hydrogen) atoms. The van der Waals surface area contributed by atoms with Crippen LogP contribution in [0.3, 0.4) is 0 Å².